The number of nitrogens with zero attached hydrogens (tertiary/aromatic N) is 2. The topological polar surface area (TPSA) is 123 Å². The molecule has 0 unspecified atom stereocenters. The highest BCUT2D eigenvalue weighted by atomic mass is 16.6. The standard InChI is InChI=1S/C18H19N3O6/c1-3-7-27-17-9-13(15(21(24)25)10-16(17)26-2)11-19-20-14-6-4-5-12(8-14)18(22)23/h4-6,8-11,20H,3,7H2,1-2H3,(H,22,23). The monoisotopic (exact) mass is 373 g/mol. The van der Waals surface area contributed by atoms with E-state index in [-0.39, 0.29) is 22.6 Å². The van der Waals surface area contributed by atoms with Crippen LogP contribution in [0.2, 0.25) is 0 Å². The lowest BCUT2D eigenvalue weighted by Crippen LogP contribution is -2.02. The smallest absolute Gasteiger partial charge is 0.335 e. The van der Waals surface area contributed by atoms with Gasteiger partial charge in [-0.3, -0.25) is 15.5 Å². The van der Waals surface area contributed by atoms with E-state index in [9.17, 15) is 14.9 Å². The molecule has 0 heterocycles. The molecular formula is C18H19N3O6. The first-order valence-electron chi connectivity index (χ1n) is 8.08. The second-order valence-corrected chi connectivity index (χ2v) is 5.42. The second-order valence-electron chi connectivity index (χ2n) is 5.42. The van der Waals surface area contributed by atoms with E-state index in [1.165, 1.54) is 37.6 Å². The van der Waals surface area contributed by atoms with Crippen molar-refractivity contribution in [2.75, 3.05) is 19.1 Å². The first-order chi connectivity index (χ1) is 13.0. The van der Waals surface area contributed by atoms with E-state index in [4.69, 9.17) is 14.6 Å². The molecule has 2 N–H and O–H groups in total. The van der Waals surface area contributed by atoms with E-state index in [1.54, 1.807) is 12.1 Å². The first-order valence-corrected chi connectivity index (χ1v) is 8.08. The Morgan fingerprint density at radius 2 is 2.11 bits per heavy atom. The zero-order valence-electron chi connectivity index (χ0n) is 14.8. The Kier molecular flexibility index (Phi) is 6.70. The van der Waals surface area contributed by atoms with Gasteiger partial charge in [-0.25, -0.2) is 4.79 Å². The number of nitro groups is 1. The van der Waals surface area contributed by atoms with Gasteiger partial charge in [0.2, 0.25) is 0 Å². The zero-order valence-corrected chi connectivity index (χ0v) is 14.8. The van der Waals surface area contributed by atoms with Gasteiger partial charge >= 0.3 is 5.97 Å². The second kappa shape index (κ2) is 9.18. The van der Waals surface area contributed by atoms with Gasteiger partial charge in [-0.2, -0.15) is 5.10 Å². The Labute approximate surface area is 155 Å². The maximum atomic E-state index is 11.3. The highest BCUT2D eigenvalue weighted by Gasteiger charge is 2.18. The van der Waals surface area contributed by atoms with Crippen LogP contribution in [-0.2, 0) is 0 Å². The number of nitrogens with one attached hydrogen (secondary N) is 1. The van der Waals surface area contributed by atoms with Crippen LogP contribution in [0.4, 0.5) is 11.4 Å². The Morgan fingerprint density at radius 3 is 2.74 bits per heavy atom. The largest absolute Gasteiger partial charge is 0.493 e. The number of benzene rings is 2. The number of rotatable bonds is 9. The minimum Gasteiger partial charge on any atom is -0.493 e. The number of nitro benzene ring substituents is 1. The molecule has 0 atom stereocenters. The van der Waals surface area contributed by atoms with Crippen LogP contribution >= 0.6 is 0 Å². The molecule has 0 saturated carbocycles. The summed E-state index contributed by atoms with van der Waals surface area (Å²) in [5, 5.41) is 24.3. The third-order valence-electron chi connectivity index (χ3n) is 3.48. The van der Waals surface area contributed by atoms with Gasteiger partial charge in [0.05, 0.1) is 47.7 Å². The van der Waals surface area contributed by atoms with Gasteiger partial charge in [0.1, 0.15) is 0 Å². The van der Waals surface area contributed by atoms with E-state index in [2.05, 4.69) is 10.5 Å². The molecule has 2 aromatic carbocycles. The lowest BCUT2D eigenvalue weighted by atomic mass is 10.1. The Hall–Kier alpha value is -3.62. The minimum atomic E-state index is -1.06. The van der Waals surface area contributed by atoms with Crippen molar-refractivity contribution >= 4 is 23.6 Å². The molecular weight excluding hydrogens is 354 g/mol. The summed E-state index contributed by atoms with van der Waals surface area (Å²) in [6.45, 7) is 2.38. The Balaban J connectivity index is 2.29. The van der Waals surface area contributed by atoms with Crippen LogP contribution in [0.15, 0.2) is 41.5 Å². The average Bonchev–Trinajstić information content (AvgIpc) is 2.66. The quantitative estimate of drug-likeness (QED) is 0.391. The predicted molar refractivity (Wildman–Crippen MR) is 100 cm³/mol. The van der Waals surface area contributed by atoms with Crippen molar-refractivity contribution in [1.82, 2.24) is 0 Å². The fourth-order valence-electron chi connectivity index (χ4n) is 2.21. The Bertz CT molecular complexity index is 866. The third-order valence-corrected chi connectivity index (χ3v) is 3.48. The van der Waals surface area contributed by atoms with E-state index in [0.717, 1.165) is 6.42 Å². The van der Waals surface area contributed by atoms with Gasteiger partial charge in [0.25, 0.3) is 5.69 Å². The van der Waals surface area contributed by atoms with Gasteiger partial charge in [0.15, 0.2) is 11.5 Å². The normalized spacial score (nSPS) is 10.6. The number of carboxylic acids is 1. The molecule has 0 aliphatic rings. The summed E-state index contributed by atoms with van der Waals surface area (Å²) < 4.78 is 10.7. The minimum absolute atomic E-state index is 0.0980. The first kappa shape index (κ1) is 19.7. The van der Waals surface area contributed by atoms with Crippen molar-refractivity contribution in [1.29, 1.82) is 0 Å². The third kappa shape index (κ3) is 5.18. The molecule has 0 spiro atoms. The van der Waals surface area contributed by atoms with Gasteiger partial charge in [0, 0.05) is 0 Å². The molecule has 142 valence electrons. The summed E-state index contributed by atoms with van der Waals surface area (Å²) in [5.41, 5.74) is 3.21. The molecule has 0 amide bonds. The van der Waals surface area contributed by atoms with Crippen LogP contribution < -0.4 is 14.9 Å². The van der Waals surface area contributed by atoms with Gasteiger partial charge in [-0.1, -0.05) is 13.0 Å². The highest BCUT2D eigenvalue weighted by molar-refractivity contribution is 5.89. The van der Waals surface area contributed by atoms with Gasteiger partial charge in [-0.15, -0.1) is 0 Å². The lowest BCUT2D eigenvalue weighted by Gasteiger charge is -2.11. The number of aromatic carboxylic acids is 1. The molecule has 2 rings (SSSR count). The number of carboxylic acid groups (broad SMARTS) is 1. The van der Waals surface area contributed by atoms with Crippen LogP contribution in [0.1, 0.15) is 29.3 Å². The van der Waals surface area contributed by atoms with E-state index in [0.29, 0.717) is 18.0 Å². The van der Waals surface area contributed by atoms with Crippen molar-refractivity contribution in [2.45, 2.75) is 13.3 Å². The number of methoxy groups -OCH3 is 1. The maximum absolute atomic E-state index is 11.3. The molecule has 0 aliphatic heterocycles. The zero-order chi connectivity index (χ0) is 19.8. The molecule has 9 nitrogen and oxygen atoms in total. The van der Waals surface area contributed by atoms with Gasteiger partial charge < -0.3 is 14.6 Å². The molecule has 0 radical (unpaired) electrons. The summed E-state index contributed by atoms with van der Waals surface area (Å²) >= 11 is 0. The molecule has 0 aromatic heterocycles. The maximum Gasteiger partial charge on any atom is 0.335 e. The fourth-order valence-corrected chi connectivity index (χ4v) is 2.21. The number of carbonyl (C=O) groups is 1. The fraction of sp³-hybridized carbons (Fsp3) is 0.222. The average molecular weight is 373 g/mol. The van der Waals surface area contributed by atoms with E-state index < -0.39 is 10.9 Å². The number of hydrogen-bond acceptors (Lipinski definition) is 7. The van der Waals surface area contributed by atoms with Crippen LogP contribution in [-0.4, -0.2) is 35.9 Å². The van der Waals surface area contributed by atoms with Crippen molar-refractivity contribution < 1.29 is 24.3 Å². The van der Waals surface area contributed by atoms with Crippen molar-refractivity contribution in [3.8, 4) is 11.5 Å². The molecule has 0 aliphatic carbocycles. The van der Waals surface area contributed by atoms with Crippen molar-refractivity contribution in [3.63, 3.8) is 0 Å². The van der Waals surface area contributed by atoms with Crippen LogP contribution in [0, 0.1) is 10.1 Å². The summed E-state index contributed by atoms with van der Waals surface area (Å²) in [5.74, 6) is -0.431. The highest BCUT2D eigenvalue weighted by Crippen LogP contribution is 2.34. The van der Waals surface area contributed by atoms with E-state index >= 15 is 0 Å². The lowest BCUT2D eigenvalue weighted by molar-refractivity contribution is -0.385. The SMILES string of the molecule is CCCOc1cc(C=NNc2cccc(C(=O)O)c2)c([N+](=O)[O-])cc1OC. The number of hydrogen-bond donors (Lipinski definition) is 2. The molecule has 27 heavy (non-hydrogen) atoms. The van der Waals surface area contributed by atoms with Crippen LogP contribution in [0.25, 0.3) is 0 Å². The van der Waals surface area contributed by atoms with Gasteiger partial charge in [-0.05, 0) is 30.7 Å². The number of hydrazone groups is 1. The molecule has 9 heteroatoms. The van der Waals surface area contributed by atoms with Crippen LogP contribution in [0.5, 0.6) is 11.5 Å². The summed E-state index contributed by atoms with van der Waals surface area (Å²) in [4.78, 5) is 21.8. The molecule has 0 fully saturated rings. The van der Waals surface area contributed by atoms with Crippen molar-refractivity contribution in [3.05, 3.63) is 57.6 Å². The van der Waals surface area contributed by atoms with Crippen LogP contribution in [0.3, 0.4) is 0 Å². The predicted octanol–water partition coefficient (Wildman–Crippen LogP) is 3.54. The van der Waals surface area contributed by atoms with Crippen molar-refractivity contribution in [2.24, 2.45) is 5.10 Å². The molecule has 0 bridgehead atoms. The summed E-state index contributed by atoms with van der Waals surface area (Å²) in [7, 11) is 1.41. The number of ether oxygens (including phenoxy) is 2. The summed E-state index contributed by atoms with van der Waals surface area (Å²) in [6, 6.07) is 8.79. The Morgan fingerprint density at radius 1 is 1.33 bits per heavy atom. The number of anilines is 1. The summed E-state index contributed by atoms with van der Waals surface area (Å²) in [6.07, 6.45) is 2.04. The van der Waals surface area contributed by atoms with E-state index in [1.807, 2.05) is 6.92 Å². The molecule has 2 aromatic rings. The molecule has 0 saturated heterocycles.